The molecule has 1 aliphatic heterocycles. The molecule has 2 N–H and O–H groups in total. The van der Waals surface area contributed by atoms with Crippen molar-refractivity contribution >= 4 is 23.6 Å². The second-order valence-corrected chi connectivity index (χ2v) is 6.58. The fraction of sp³-hybridized carbons (Fsp3) is 0.222. The number of benzene rings is 2. The largest absolute Gasteiger partial charge is 0.353 e. The quantitative estimate of drug-likeness (QED) is 0.829. The summed E-state index contributed by atoms with van der Waals surface area (Å²) < 4.78 is 0. The van der Waals surface area contributed by atoms with Gasteiger partial charge in [0.1, 0.15) is 0 Å². The minimum Gasteiger partial charge on any atom is -0.353 e. The van der Waals surface area contributed by atoms with Crippen LogP contribution < -0.4 is 10.6 Å². The molecular formula is C18H18N2O2S. The third-order valence-corrected chi connectivity index (χ3v) is 5.00. The molecule has 0 saturated heterocycles. The Morgan fingerprint density at radius 3 is 2.43 bits per heavy atom. The topological polar surface area (TPSA) is 58.2 Å². The zero-order valence-corrected chi connectivity index (χ0v) is 13.4. The molecule has 0 aromatic heterocycles. The summed E-state index contributed by atoms with van der Waals surface area (Å²) in [6.07, 6.45) is 0.767. The SMILES string of the molecule is O=C(NCCNC(=O)C1Cc2ccccc2S1)c1ccccc1. The van der Waals surface area contributed by atoms with Crippen molar-refractivity contribution in [2.75, 3.05) is 13.1 Å². The Labute approximate surface area is 139 Å². The number of hydrogen-bond donors (Lipinski definition) is 2. The van der Waals surface area contributed by atoms with Gasteiger partial charge in [0.2, 0.25) is 5.91 Å². The highest BCUT2D eigenvalue weighted by atomic mass is 32.2. The second kappa shape index (κ2) is 7.33. The number of fused-ring (bicyclic) bond motifs is 1. The number of carbonyl (C=O) groups is 2. The molecular weight excluding hydrogens is 308 g/mol. The standard InChI is InChI=1S/C18H18N2O2S/c21-17(13-6-2-1-3-7-13)19-10-11-20-18(22)16-12-14-8-4-5-9-15(14)23-16/h1-9,16H,10-12H2,(H,19,21)(H,20,22). The highest BCUT2D eigenvalue weighted by Gasteiger charge is 2.27. The summed E-state index contributed by atoms with van der Waals surface area (Å²) in [5.74, 6) is -0.0948. The molecule has 0 saturated carbocycles. The Balaban J connectivity index is 1.40. The third kappa shape index (κ3) is 3.93. The highest BCUT2D eigenvalue weighted by Crippen LogP contribution is 2.36. The van der Waals surface area contributed by atoms with Gasteiger partial charge in [0.25, 0.3) is 5.91 Å². The molecule has 1 atom stereocenters. The van der Waals surface area contributed by atoms with Crippen molar-refractivity contribution in [2.24, 2.45) is 0 Å². The van der Waals surface area contributed by atoms with E-state index in [1.165, 1.54) is 10.5 Å². The highest BCUT2D eigenvalue weighted by molar-refractivity contribution is 8.01. The van der Waals surface area contributed by atoms with Crippen molar-refractivity contribution < 1.29 is 9.59 Å². The van der Waals surface area contributed by atoms with Crippen molar-refractivity contribution in [3.8, 4) is 0 Å². The van der Waals surface area contributed by atoms with E-state index in [4.69, 9.17) is 0 Å². The summed E-state index contributed by atoms with van der Waals surface area (Å²) in [7, 11) is 0. The summed E-state index contributed by atoms with van der Waals surface area (Å²) in [5, 5.41) is 5.62. The molecule has 0 fully saturated rings. The molecule has 1 unspecified atom stereocenters. The predicted molar refractivity (Wildman–Crippen MR) is 91.6 cm³/mol. The van der Waals surface area contributed by atoms with Crippen LogP contribution in [0.5, 0.6) is 0 Å². The van der Waals surface area contributed by atoms with Gasteiger partial charge in [-0.25, -0.2) is 0 Å². The van der Waals surface area contributed by atoms with E-state index in [0.717, 1.165) is 6.42 Å². The van der Waals surface area contributed by atoms with E-state index in [9.17, 15) is 9.59 Å². The third-order valence-electron chi connectivity index (χ3n) is 3.69. The lowest BCUT2D eigenvalue weighted by Gasteiger charge is -2.10. The number of nitrogens with one attached hydrogen (secondary N) is 2. The van der Waals surface area contributed by atoms with Gasteiger partial charge in [-0.1, -0.05) is 36.4 Å². The van der Waals surface area contributed by atoms with Crippen LogP contribution in [0.3, 0.4) is 0 Å². The minimum absolute atomic E-state index is 0.0279. The lowest BCUT2D eigenvalue weighted by Crippen LogP contribution is -2.38. The Kier molecular flexibility index (Phi) is 4.98. The maximum absolute atomic E-state index is 12.2. The molecule has 2 aromatic rings. The first kappa shape index (κ1) is 15.6. The lowest BCUT2D eigenvalue weighted by atomic mass is 10.1. The second-order valence-electron chi connectivity index (χ2n) is 5.33. The van der Waals surface area contributed by atoms with Gasteiger partial charge in [-0.15, -0.1) is 11.8 Å². The predicted octanol–water partition coefficient (Wildman–Crippen LogP) is 2.25. The zero-order valence-electron chi connectivity index (χ0n) is 12.6. The Bertz CT molecular complexity index is 678. The van der Waals surface area contributed by atoms with Crippen LogP contribution in [-0.4, -0.2) is 30.2 Å². The van der Waals surface area contributed by atoms with E-state index in [1.54, 1.807) is 23.9 Å². The van der Waals surface area contributed by atoms with Gasteiger partial charge in [-0.05, 0) is 30.2 Å². The van der Waals surface area contributed by atoms with Crippen molar-refractivity contribution in [1.29, 1.82) is 0 Å². The number of hydrogen-bond acceptors (Lipinski definition) is 3. The van der Waals surface area contributed by atoms with E-state index in [-0.39, 0.29) is 17.1 Å². The van der Waals surface area contributed by atoms with Crippen LogP contribution >= 0.6 is 11.8 Å². The first-order chi connectivity index (χ1) is 11.2. The van der Waals surface area contributed by atoms with Crippen molar-refractivity contribution in [3.63, 3.8) is 0 Å². The van der Waals surface area contributed by atoms with Gasteiger partial charge in [-0.2, -0.15) is 0 Å². The molecule has 0 bridgehead atoms. The lowest BCUT2D eigenvalue weighted by molar-refractivity contribution is -0.120. The van der Waals surface area contributed by atoms with Gasteiger partial charge in [-0.3, -0.25) is 9.59 Å². The van der Waals surface area contributed by atoms with Crippen LogP contribution in [0.2, 0.25) is 0 Å². The Morgan fingerprint density at radius 2 is 1.65 bits per heavy atom. The molecule has 1 heterocycles. The molecule has 23 heavy (non-hydrogen) atoms. The minimum atomic E-state index is -0.123. The van der Waals surface area contributed by atoms with E-state index < -0.39 is 0 Å². The summed E-state index contributed by atoms with van der Waals surface area (Å²) in [5.41, 5.74) is 1.86. The summed E-state index contributed by atoms with van der Waals surface area (Å²) in [4.78, 5) is 25.2. The molecule has 0 aliphatic carbocycles. The van der Waals surface area contributed by atoms with Crippen LogP contribution in [0.15, 0.2) is 59.5 Å². The molecule has 4 nitrogen and oxygen atoms in total. The summed E-state index contributed by atoms with van der Waals surface area (Å²) in [6, 6.07) is 17.2. The molecule has 1 aliphatic rings. The Morgan fingerprint density at radius 1 is 0.957 bits per heavy atom. The zero-order chi connectivity index (χ0) is 16.1. The van der Waals surface area contributed by atoms with Crippen molar-refractivity contribution in [3.05, 3.63) is 65.7 Å². The first-order valence-corrected chi connectivity index (χ1v) is 8.47. The average Bonchev–Trinajstić information content (AvgIpc) is 3.03. The monoisotopic (exact) mass is 326 g/mol. The van der Waals surface area contributed by atoms with Crippen molar-refractivity contribution in [1.82, 2.24) is 10.6 Å². The van der Waals surface area contributed by atoms with Crippen LogP contribution in [0.4, 0.5) is 0 Å². The fourth-order valence-electron chi connectivity index (χ4n) is 2.50. The van der Waals surface area contributed by atoms with Gasteiger partial charge in [0.05, 0.1) is 5.25 Å². The maximum atomic E-state index is 12.2. The number of rotatable bonds is 5. The van der Waals surface area contributed by atoms with Gasteiger partial charge >= 0.3 is 0 Å². The van der Waals surface area contributed by atoms with Gasteiger partial charge < -0.3 is 10.6 Å². The molecule has 0 spiro atoms. The van der Waals surface area contributed by atoms with Gasteiger partial charge in [0, 0.05) is 23.5 Å². The average molecular weight is 326 g/mol. The number of amides is 2. The Hall–Kier alpha value is -2.27. The molecule has 2 amide bonds. The number of thioether (sulfide) groups is 1. The van der Waals surface area contributed by atoms with E-state index in [0.29, 0.717) is 18.7 Å². The normalized spacial score (nSPS) is 15.7. The molecule has 0 radical (unpaired) electrons. The summed E-state index contributed by atoms with van der Waals surface area (Å²) >= 11 is 1.61. The van der Waals surface area contributed by atoms with Crippen LogP contribution in [0.25, 0.3) is 0 Å². The van der Waals surface area contributed by atoms with E-state index >= 15 is 0 Å². The summed E-state index contributed by atoms with van der Waals surface area (Å²) in [6.45, 7) is 0.856. The van der Waals surface area contributed by atoms with Gasteiger partial charge in [0.15, 0.2) is 0 Å². The molecule has 118 valence electrons. The van der Waals surface area contributed by atoms with Crippen molar-refractivity contribution in [2.45, 2.75) is 16.6 Å². The van der Waals surface area contributed by atoms with Crippen LogP contribution in [-0.2, 0) is 11.2 Å². The van der Waals surface area contributed by atoms with Crippen LogP contribution in [0.1, 0.15) is 15.9 Å². The van der Waals surface area contributed by atoms with E-state index in [2.05, 4.69) is 16.7 Å². The molecule has 5 heteroatoms. The smallest absolute Gasteiger partial charge is 0.251 e. The molecule has 3 rings (SSSR count). The van der Waals surface area contributed by atoms with Crippen LogP contribution in [0, 0.1) is 0 Å². The maximum Gasteiger partial charge on any atom is 0.251 e. The first-order valence-electron chi connectivity index (χ1n) is 7.59. The number of carbonyl (C=O) groups excluding carboxylic acids is 2. The fourth-order valence-corrected chi connectivity index (χ4v) is 3.72. The van der Waals surface area contributed by atoms with E-state index in [1.807, 2.05) is 36.4 Å². The molecule has 2 aromatic carbocycles.